The van der Waals surface area contributed by atoms with Gasteiger partial charge in [0.15, 0.2) is 0 Å². The maximum Gasteiger partial charge on any atom is 0.278 e. The van der Waals surface area contributed by atoms with Crippen LogP contribution in [-0.2, 0) is 0 Å². The number of aromatic nitrogens is 4. The second kappa shape index (κ2) is 5.79. The van der Waals surface area contributed by atoms with Crippen molar-refractivity contribution >= 4 is 22.9 Å². The number of nitrogens with zero attached hydrogens (tertiary/aromatic N) is 4. The summed E-state index contributed by atoms with van der Waals surface area (Å²) in [6.45, 7) is 0. The van der Waals surface area contributed by atoms with Crippen molar-refractivity contribution in [3.05, 3.63) is 48.5 Å². The SMILES string of the molecule is O=C(Nc1nc2ccccc2n1C1CCCC1)c1cnccn1. The molecule has 116 valence electrons. The van der Waals surface area contributed by atoms with Crippen molar-refractivity contribution in [2.24, 2.45) is 0 Å². The molecule has 0 bridgehead atoms. The van der Waals surface area contributed by atoms with Crippen LogP contribution in [0, 0.1) is 0 Å². The normalized spacial score (nSPS) is 15.1. The molecular weight excluding hydrogens is 290 g/mol. The molecule has 6 nitrogen and oxygen atoms in total. The summed E-state index contributed by atoms with van der Waals surface area (Å²) in [6.07, 6.45) is 9.18. The topological polar surface area (TPSA) is 72.7 Å². The fourth-order valence-corrected chi connectivity index (χ4v) is 3.25. The molecule has 23 heavy (non-hydrogen) atoms. The van der Waals surface area contributed by atoms with Crippen molar-refractivity contribution in [3.8, 4) is 0 Å². The average Bonchev–Trinajstić information content (AvgIpc) is 3.22. The van der Waals surface area contributed by atoms with Gasteiger partial charge in [-0.1, -0.05) is 25.0 Å². The van der Waals surface area contributed by atoms with Gasteiger partial charge in [-0.2, -0.15) is 0 Å². The Hall–Kier alpha value is -2.76. The molecule has 2 heterocycles. The highest BCUT2D eigenvalue weighted by molar-refractivity contribution is 6.02. The number of carbonyl (C=O) groups excluding carboxylic acids is 1. The zero-order valence-corrected chi connectivity index (χ0v) is 12.6. The molecule has 1 fully saturated rings. The van der Waals surface area contributed by atoms with Crippen molar-refractivity contribution < 1.29 is 4.79 Å². The number of rotatable bonds is 3. The van der Waals surface area contributed by atoms with E-state index in [1.54, 1.807) is 6.20 Å². The first kappa shape index (κ1) is 13.9. The summed E-state index contributed by atoms with van der Waals surface area (Å²) >= 11 is 0. The molecule has 0 aliphatic heterocycles. The first-order valence-corrected chi connectivity index (χ1v) is 7.87. The molecule has 6 heteroatoms. The minimum Gasteiger partial charge on any atom is -0.307 e. The van der Waals surface area contributed by atoms with Gasteiger partial charge in [-0.05, 0) is 25.0 Å². The first-order valence-electron chi connectivity index (χ1n) is 7.87. The fraction of sp³-hybridized carbons (Fsp3) is 0.294. The van der Waals surface area contributed by atoms with Gasteiger partial charge in [-0.25, -0.2) is 9.97 Å². The van der Waals surface area contributed by atoms with Crippen LogP contribution in [-0.4, -0.2) is 25.4 Å². The average molecular weight is 307 g/mol. The number of benzene rings is 1. The summed E-state index contributed by atoms with van der Waals surface area (Å²) in [7, 11) is 0. The van der Waals surface area contributed by atoms with E-state index >= 15 is 0 Å². The van der Waals surface area contributed by atoms with E-state index in [-0.39, 0.29) is 11.6 Å². The van der Waals surface area contributed by atoms with Crippen LogP contribution in [0.2, 0.25) is 0 Å². The van der Waals surface area contributed by atoms with Gasteiger partial charge in [-0.15, -0.1) is 0 Å². The molecule has 0 spiro atoms. The van der Waals surface area contributed by atoms with E-state index < -0.39 is 0 Å². The van der Waals surface area contributed by atoms with Gasteiger partial charge in [0.2, 0.25) is 5.95 Å². The van der Waals surface area contributed by atoms with Crippen LogP contribution in [0.15, 0.2) is 42.9 Å². The molecule has 1 saturated carbocycles. The van der Waals surface area contributed by atoms with Crippen molar-refractivity contribution in [2.45, 2.75) is 31.7 Å². The zero-order chi connectivity index (χ0) is 15.6. The lowest BCUT2D eigenvalue weighted by Gasteiger charge is -2.16. The van der Waals surface area contributed by atoms with E-state index in [1.807, 2.05) is 18.2 Å². The van der Waals surface area contributed by atoms with Crippen molar-refractivity contribution in [3.63, 3.8) is 0 Å². The molecule has 0 saturated heterocycles. The van der Waals surface area contributed by atoms with Crippen LogP contribution >= 0.6 is 0 Å². The quantitative estimate of drug-likeness (QED) is 0.806. The van der Waals surface area contributed by atoms with Crippen LogP contribution in [0.4, 0.5) is 5.95 Å². The molecule has 0 unspecified atom stereocenters. The monoisotopic (exact) mass is 307 g/mol. The molecule has 0 radical (unpaired) electrons. The lowest BCUT2D eigenvalue weighted by Crippen LogP contribution is -2.18. The van der Waals surface area contributed by atoms with E-state index in [1.165, 1.54) is 25.2 Å². The number of amides is 1. The van der Waals surface area contributed by atoms with Gasteiger partial charge in [0.1, 0.15) is 5.69 Å². The third-order valence-electron chi connectivity index (χ3n) is 4.31. The molecule has 1 aliphatic rings. The van der Waals surface area contributed by atoms with Crippen LogP contribution in [0.1, 0.15) is 42.2 Å². The number of hydrogen-bond acceptors (Lipinski definition) is 4. The first-order chi connectivity index (χ1) is 11.3. The Morgan fingerprint density at radius 2 is 2.00 bits per heavy atom. The largest absolute Gasteiger partial charge is 0.307 e. The third-order valence-corrected chi connectivity index (χ3v) is 4.31. The zero-order valence-electron chi connectivity index (χ0n) is 12.6. The van der Waals surface area contributed by atoms with E-state index in [9.17, 15) is 4.79 Å². The summed E-state index contributed by atoms with van der Waals surface area (Å²) in [5.41, 5.74) is 2.25. The molecular formula is C17H17N5O. The maximum atomic E-state index is 12.4. The smallest absolute Gasteiger partial charge is 0.278 e. The van der Waals surface area contributed by atoms with Crippen LogP contribution in [0.25, 0.3) is 11.0 Å². The predicted molar refractivity (Wildman–Crippen MR) is 87.2 cm³/mol. The Balaban J connectivity index is 1.74. The van der Waals surface area contributed by atoms with Crippen molar-refractivity contribution in [1.82, 2.24) is 19.5 Å². The van der Waals surface area contributed by atoms with Gasteiger partial charge >= 0.3 is 0 Å². The lowest BCUT2D eigenvalue weighted by molar-refractivity contribution is 0.102. The number of carbonyl (C=O) groups is 1. The Morgan fingerprint density at radius 1 is 1.17 bits per heavy atom. The minimum absolute atomic E-state index is 0.285. The maximum absolute atomic E-state index is 12.4. The predicted octanol–water partition coefficient (Wildman–Crippen LogP) is 3.19. The van der Waals surface area contributed by atoms with E-state index in [4.69, 9.17) is 0 Å². The van der Waals surface area contributed by atoms with Crippen LogP contribution < -0.4 is 5.32 Å². The van der Waals surface area contributed by atoms with E-state index in [0.717, 1.165) is 23.9 Å². The molecule has 1 amide bonds. The molecule has 4 rings (SSSR count). The summed E-state index contributed by atoms with van der Waals surface area (Å²) < 4.78 is 2.16. The van der Waals surface area contributed by atoms with Gasteiger partial charge in [0.05, 0.1) is 17.2 Å². The minimum atomic E-state index is -0.285. The molecule has 1 aliphatic carbocycles. The van der Waals surface area contributed by atoms with Gasteiger partial charge < -0.3 is 4.57 Å². The van der Waals surface area contributed by atoms with Crippen LogP contribution in [0.3, 0.4) is 0 Å². The number of hydrogen-bond donors (Lipinski definition) is 1. The summed E-state index contributed by atoms with van der Waals surface area (Å²) in [5, 5.41) is 2.90. The lowest BCUT2D eigenvalue weighted by atomic mass is 10.2. The second-order valence-corrected chi connectivity index (χ2v) is 5.78. The Morgan fingerprint density at radius 3 is 2.78 bits per heavy atom. The van der Waals surface area contributed by atoms with E-state index in [2.05, 4.69) is 30.9 Å². The summed E-state index contributed by atoms with van der Waals surface area (Å²) in [6, 6.07) is 8.38. The number of nitrogens with one attached hydrogen (secondary N) is 1. The van der Waals surface area contributed by atoms with Gasteiger partial charge in [-0.3, -0.25) is 15.1 Å². The van der Waals surface area contributed by atoms with Crippen LogP contribution in [0.5, 0.6) is 0 Å². The van der Waals surface area contributed by atoms with Crippen molar-refractivity contribution in [2.75, 3.05) is 5.32 Å². The fourth-order valence-electron chi connectivity index (χ4n) is 3.25. The standard InChI is InChI=1S/C17H17N5O/c23-16(14-11-18-9-10-19-14)21-17-20-13-7-3-4-8-15(13)22(17)12-5-1-2-6-12/h3-4,7-12H,1-2,5-6H2,(H,20,21,23). The van der Waals surface area contributed by atoms with Gasteiger partial charge in [0, 0.05) is 18.4 Å². The highest BCUT2D eigenvalue weighted by Gasteiger charge is 2.23. The summed E-state index contributed by atoms with van der Waals surface area (Å²) in [5.74, 6) is 0.307. The Kier molecular flexibility index (Phi) is 3.49. The third kappa shape index (κ3) is 2.56. The molecule has 1 aromatic carbocycles. The van der Waals surface area contributed by atoms with Gasteiger partial charge in [0.25, 0.3) is 5.91 Å². The summed E-state index contributed by atoms with van der Waals surface area (Å²) in [4.78, 5) is 25.0. The van der Waals surface area contributed by atoms with Crippen molar-refractivity contribution in [1.29, 1.82) is 0 Å². The molecule has 3 aromatic rings. The number of imidazole rings is 1. The molecule has 0 atom stereocenters. The Bertz CT molecular complexity index is 837. The number of para-hydroxylation sites is 2. The Labute approximate surface area is 133 Å². The van der Waals surface area contributed by atoms with E-state index in [0.29, 0.717) is 12.0 Å². The number of fused-ring (bicyclic) bond motifs is 1. The highest BCUT2D eigenvalue weighted by Crippen LogP contribution is 2.35. The number of anilines is 1. The molecule has 2 aromatic heterocycles. The molecule has 1 N–H and O–H groups in total. The second-order valence-electron chi connectivity index (χ2n) is 5.78. The highest BCUT2D eigenvalue weighted by atomic mass is 16.2.